The monoisotopic (exact) mass is 244 g/mol. The third-order valence-corrected chi connectivity index (χ3v) is 2.45. The van der Waals surface area contributed by atoms with E-state index < -0.39 is 5.97 Å². The summed E-state index contributed by atoms with van der Waals surface area (Å²) in [5, 5.41) is 8.55. The number of carbonyl (C=O) groups excluding carboxylic acids is 1. The summed E-state index contributed by atoms with van der Waals surface area (Å²) in [5.74, 6) is -0.745. The summed E-state index contributed by atoms with van der Waals surface area (Å²) >= 11 is 0. The molecule has 0 aromatic heterocycles. The molecule has 0 aliphatic heterocycles. The van der Waals surface area contributed by atoms with E-state index in [0.717, 1.165) is 25.9 Å². The minimum atomic E-state index is -0.830. The summed E-state index contributed by atoms with van der Waals surface area (Å²) in [7, 11) is 1.77. The normalized spacial score (nSPS) is 10.6. The van der Waals surface area contributed by atoms with Crippen molar-refractivity contribution in [2.45, 2.75) is 33.1 Å². The van der Waals surface area contributed by atoms with Gasteiger partial charge in [-0.25, -0.2) is 0 Å². The summed E-state index contributed by atoms with van der Waals surface area (Å²) in [5.41, 5.74) is 0. The minimum absolute atomic E-state index is 0.0747. The summed E-state index contributed by atoms with van der Waals surface area (Å²) in [6, 6.07) is 0. The van der Waals surface area contributed by atoms with Crippen LogP contribution in [0.15, 0.2) is 0 Å². The van der Waals surface area contributed by atoms with Gasteiger partial charge in [0.25, 0.3) is 0 Å². The van der Waals surface area contributed by atoms with Gasteiger partial charge in [0, 0.05) is 19.6 Å². The van der Waals surface area contributed by atoms with Crippen LogP contribution in [0.2, 0.25) is 0 Å². The van der Waals surface area contributed by atoms with Gasteiger partial charge < -0.3 is 10.0 Å². The second kappa shape index (κ2) is 8.98. The molecular formula is C12H24N2O3. The number of amides is 1. The summed E-state index contributed by atoms with van der Waals surface area (Å²) in [4.78, 5) is 25.9. The highest BCUT2D eigenvalue weighted by molar-refractivity contribution is 5.78. The second-order valence-electron chi connectivity index (χ2n) is 4.26. The smallest absolute Gasteiger partial charge is 0.304 e. The summed E-state index contributed by atoms with van der Waals surface area (Å²) in [6.45, 7) is 6.35. The molecule has 0 saturated carbocycles. The molecule has 0 saturated heterocycles. The first-order valence-electron chi connectivity index (χ1n) is 6.19. The second-order valence-corrected chi connectivity index (χ2v) is 4.26. The van der Waals surface area contributed by atoms with Gasteiger partial charge in [0.1, 0.15) is 0 Å². The number of nitrogens with zero attached hydrogens (tertiary/aromatic N) is 2. The Bertz CT molecular complexity index is 238. The Kier molecular flexibility index (Phi) is 8.40. The van der Waals surface area contributed by atoms with Gasteiger partial charge in [0.15, 0.2) is 0 Å². The molecule has 100 valence electrons. The molecule has 17 heavy (non-hydrogen) atoms. The molecule has 0 aromatic carbocycles. The van der Waals surface area contributed by atoms with Crippen LogP contribution in [-0.2, 0) is 9.59 Å². The number of carboxylic acids is 1. The number of carboxylic acid groups (broad SMARTS) is 1. The topological polar surface area (TPSA) is 60.9 Å². The lowest BCUT2D eigenvalue weighted by Crippen LogP contribution is -2.40. The predicted molar refractivity (Wildman–Crippen MR) is 66.9 cm³/mol. The molecule has 0 heterocycles. The number of hydrogen-bond acceptors (Lipinski definition) is 3. The first-order chi connectivity index (χ1) is 8.01. The van der Waals surface area contributed by atoms with Crippen LogP contribution in [0.4, 0.5) is 0 Å². The maximum Gasteiger partial charge on any atom is 0.304 e. The van der Waals surface area contributed by atoms with E-state index in [4.69, 9.17) is 5.11 Å². The zero-order valence-corrected chi connectivity index (χ0v) is 11.1. The third kappa shape index (κ3) is 7.74. The van der Waals surface area contributed by atoms with Gasteiger partial charge in [-0.15, -0.1) is 0 Å². The molecule has 0 unspecified atom stereocenters. The molecule has 0 rings (SSSR count). The average molecular weight is 244 g/mol. The van der Waals surface area contributed by atoms with Crippen molar-refractivity contribution in [2.24, 2.45) is 0 Å². The van der Waals surface area contributed by atoms with E-state index in [9.17, 15) is 9.59 Å². The van der Waals surface area contributed by atoms with Crippen LogP contribution in [0.1, 0.15) is 33.1 Å². The molecule has 0 aliphatic rings. The lowest BCUT2D eigenvalue weighted by Gasteiger charge is -2.24. The Morgan fingerprint density at radius 2 is 1.59 bits per heavy atom. The van der Waals surface area contributed by atoms with Crippen molar-refractivity contribution >= 4 is 11.9 Å². The largest absolute Gasteiger partial charge is 0.481 e. The van der Waals surface area contributed by atoms with Crippen LogP contribution < -0.4 is 0 Å². The zero-order chi connectivity index (χ0) is 13.3. The van der Waals surface area contributed by atoms with Crippen molar-refractivity contribution in [3.63, 3.8) is 0 Å². The molecule has 0 bridgehead atoms. The highest BCUT2D eigenvalue weighted by Crippen LogP contribution is 1.98. The van der Waals surface area contributed by atoms with Crippen molar-refractivity contribution in [1.29, 1.82) is 0 Å². The first kappa shape index (κ1) is 15.9. The molecule has 1 N–H and O–H groups in total. The Morgan fingerprint density at radius 1 is 1.06 bits per heavy atom. The molecule has 0 atom stereocenters. The van der Waals surface area contributed by atoms with E-state index >= 15 is 0 Å². The number of likely N-dealkylation sites (N-methyl/N-ethyl adjacent to an activating group) is 1. The van der Waals surface area contributed by atoms with Crippen molar-refractivity contribution < 1.29 is 14.7 Å². The quantitative estimate of drug-likeness (QED) is 0.658. The fraction of sp³-hybridized carbons (Fsp3) is 0.833. The van der Waals surface area contributed by atoms with Gasteiger partial charge in [0.05, 0.1) is 13.0 Å². The highest BCUT2D eigenvalue weighted by Gasteiger charge is 2.14. The summed E-state index contributed by atoms with van der Waals surface area (Å²) in [6.07, 6.45) is 1.97. The van der Waals surface area contributed by atoms with Gasteiger partial charge in [-0.05, 0) is 19.9 Å². The number of carbonyl (C=O) groups is 2. The number of hydrogen-bond donors (Lipinski definition) is 1. The van der Waals surface area contributed by atoms with Gasteiger partial charge >= 0.3 is 5.97 Å². The highest BCUT2D eigenvalue weighted by atomic mass is 16.4. The van der Waals surface area contributed by atoms with E-state index in [1.165, 1.54) is 0 Å². The standard InChI is InChI=1S/C12H24N2O3/c1-4-7-14(8-5-2)11(15)10-13(3)9-6-12(16)17/h4-10H2,1-3H3,(H,16,17). The molecule has 0 radical (unpaired) electrons. The van der Waals surface area contributed by atoms with Crippen molar-refractivity contribution in [3.8, 4) is 0 Å². The van der Waals surface area contributed by atoms with Crippen LogP contribution >= 0.6 is 0 Å². The Morgan fingerprint density at radius 3 is 2.00 bits per heavy atom. The van der Waals surface area contributed by atoms with E-state index in [2.05, 4.69) is 0 Å². The van der Waals surface area contributed by atoms with Crippen molar-refractivity contribution in [2.75, 3.05) is 33.2 Å². The summed E-state index contributed by atoms with van der Waals surface area (Å²) < 4.78 is 0. The fourth-order valence-electron chi connectivity index (χ4n) is 1.60. The maximum absolute atomic E-state index is 11.9. The van der Waals surface area contributed by atoms with Crippen LogP contribution in [0.25, 0.3) is 0 Å². The Balaban J connectivity index is 4.05. The fourth-order valence-corrected chi connectivity index (χ4v) is 1.60. The molecule has 5 nitrogen and oxygen atoms in total. The van der Waals surface area contributed by atoms with Crippen LogP contribution in [0.5, 0.6) is 0 Å². The molecule has 0 aliphatic carbocycles. The number of rotatable bonds is 9. The lowest BCUT2D eigenvalue weighted by molar-refractivity contribution is -0.138. The molecule has 0 aromatic rings. The van der Waals surface area contributed by atoms with E-state index in [1.807, 2.05) is 18.7 Å². The Hall–Kier alpha value is -1.10. The number of aliphatic carboxylic acids is 1. The van der Waals surface area contributed by atoms with E-state index in [1.54, 1.807) is 11.9 Å². The van der Waals surface area contributed by atoms with Crippen LogP contribution in [0, 0.1) is 0 Å². The Labute approximate surface area is 103 Å². The van der Waals surface area contributed by atoms with Gasteiger partial charge in [-0.2, -0.15) is 0 Å². The van der Waals surface area contributed by atoms with Crippen LogP contribution in [0.3, 0.4) is 0 Å². The van der Waals surface area contributed by atoms with Crippen molar-refractivity contribution in [1.82, 2.24) is 9.80 Å². The predicted octanol–water partition coefficient (Wildman–Crippen LogP) is 1.04. The lowest BCUT2D eigenvalue weighted by atomic mass is 10.3. The van der Waals surface area contributed by atoms with E-state index in [0.29, 0.717) is 13.1 Å². The van der Waals surface area contributed by atoms with Gasteiger partial charge in [-0.1, -0.05) is 13.8 Å². The van der Waals surface area contributed by atoms with Gasteiger partial charge in [0.2, 0.25) is 5.91 Å². The zero-order valence-electron chi connectivity index (χ0n) is 11.1. The molecule has 5 heteroatoms. The van der Waals surface area contributed by atoms with Gasteiger partial charge in [-0.3, -0.25) is 14.5 Å². The maximum atomic E-state index is 11.9. The molecular weight excluding hydrogens is 220 g/mol. The van der Waals surface area contributed by atoms with Crippen molar-refractivity contribution in [3.05, 3.63) is 0 Å². The average Bonchev–Trinajstić information content (AvgIpc) is 2.26. The third-order valence-electron chi connectivity index (χ3n) is 2.45. The van der Waals surface area contributed by atoms with E-state index in [-0.39, 0.29) is 12.3 Å². The SMILES string of the molecule is CCCN(CCC)C(=O)CN(C)CCC(=O)O. The molecule has 1 amide bonds. The van der Waals surface area contributed by atoms with Crippen LogP contribution in [-0.4, -0.2) is 60.0 Å². The molecule has 0 fully saturated rings. The minimum Gasteiger partial charge on any atom is -0.481 e. The molecule has 0 spiro atoms. The first-order valence-corrected chi connectivity index (χ1v) is 6.19.